The maximum atomic E-state index is 10.6. The van der Waals surface area contributed by atoms with Gasteiger partial charge in [-0.05, 0) is 25.1 Å². The van der Waals surface area contributed by atoms with Crippen molar-refractivity contribution in [3.8, 4) is 17.2 Å². The fourth-order valence-electron chi connectivity index (χ4n) is 1.49. The van der Waals surface area contributed by atoms with E-state index in [1.165, 1.54) is 6.20 Å². The number of aldehydes is 1. The summed E-state index contributed by atoms with van der Waals surface area (Å²) in [5.74, 6) is 1.91. The first-order valence-electron chi connectivity index (χ1n) is 5.62. The van der Waals surface area contributed by atoms with E-state index in [0.29, 0.717) is 23.7 Å². The molecule has 0 radical (unpaired) electrons. The summed E-state index contributed by atoms with van der Waals surface area (Å²) in [4.78, 5) is 14.6. The second-order valence-electron chi connectivity index (χ2n) is 3.58. The Morgan fingerprint density at radius 3 is 2.78 bits per heavy atom. The van der Waals surface area contributed by atoms with Gasteiger partial charge in [0.15, 0.2) is 6.29 Å². The maximum absolute atomic E-state index is 10.6. The van der Waals surface area contributed by atoms with Gasteiger partial charge >= 0.3 is 0 Å². The number of rotatable bonds is 5. The van der Waals surface area contributed by atoms with Crippen LogP contribution < -0.4 is 9.47 Å². The zero-order valence-corrected chi connectivity index (χ0v) is 10.00. The van der Waals surface area contributed by atoms with E-state index >= 15 is 0 Å². The highest BCUT2D eigenvalue weighted by Gasteiger charge is 2.01. The van der Waals surface area contributed by atoms with Gasteiger partial charge in [-0.3, -0.25) is 9.78 Å². The molecule has 0 saturated carbocycles. The van der Waals surface area contributed by atoms with E-state index in [-0.39, 0.29) is 0 Å². The van der Waals surface area contributed by atoms with Gasteiger partial charge in [0.1, 0.15) is 17.2 Å². The van der Waals surface area contributed by atoms with Crippen LogP contribution >= 0.6 is 0 Å². The average Bonchev–Trinajstić information content (AvgIpc) is 2.40. The molecule has 0 amide bonds. The van der Waals surface area contributed by atoms with Gasteiger partial charge in [-0.1, -0.05) is 6.07 Å². The normalized spacial score (nSPS) is 9.83. The van der Waals surface area contributed by atoms with Crippen LogP contribution in [0.2, 0.25) is 0 Å². The molecule has 2 aromatic rings. The lowest BCUT2D eigenvalue weighted by molar-refractivity contribution is 0.112. The Labute approximate surface area is 105 Å². The summed E-state index contributed by atoms with van der Waals surface area (Å²) in [5, 5.41) is 0. The van der Waals surface area contributed by atoms with Crippen molar-refractivity contribution in [2.45, 2.75) is 6.92 Å². The molecule has 0 saturated heterocycles. The molecule has 0 N–H and O–H groups in total. The molecule has 0 aliphatic rings. The molecule has 1 heterocycles. The molecule has 0 fully saturated rings. The lowest BCUT2D eigenvalue weighted by Gasteiger charge is -2.08. The van der Waals surface area contributed by atoms with Crippen molar-refractivity contribution in [2.75, 3.05) is 6.61 Å². The first-order chi connectivity index (χ1) is 8.81. The van der Waals surface area contributed by atoms with Gasteiger partial charge in [0.2, 0.25) is 0 Å². The fraction of sp³-hybridized carbons (Fsp3) is 0.143. The van der Waals surface area contributed by atoms with Crippen molar-refractivity contribution in [1.82, 2.24) is 4.98 Å². The Bertz CT molecular complexity index is 540. The number of aromatic nitrogens is 1. The summed E-state index contributed by atoms with van der Waals surface area (Å²) in [7, 11) is 0. The Hall–Kier alpha value is -2.36. The van der Waals surface area contributed by atoms with Gasteiger partial charge in [-0.2, -0.15) is 0 Å². The molecule has 0 aliphatic heterocycles. The maximum Gasteiger partial charge on any atom is 0.151 e. The summed E-state index contributed by atoms with van der Waals surface area (Å²) in [6.45, 7) is 2.52. The van der Waals surface area contributed by atoms with E-state index in [0.717, 1.165) is 12.0 Å². The Morgan fingerprint density at radius 2 is 2.00 bits per heavy atom. The van der Waals surface area contributed by atoms with Crippen molar-refractivity contribution in [1.29, 1.82) is 0 Å². The third kappa shape index (κ3) is 3.07. The first kappa shape index (κ1) is 12.1. The minimum absolute atomic E-state index is 0.480. The molecular weight excluding hydrogens is 230 g/mol. The van der Waals surface area contributed by atoms with E-state index < -0.39 is 0 Å². The van der Waals surface area contributed by atoms with Crippen molar-refractivity contribution in [3.05, 3.63) is 48.3 Å². The van der Waals surface area contributed by atoms with Crippen LogP contribution in [0, 0.1) is 0 Å². The number of ether oxygens (including phenoxy) is 2. The number of hydrogen-bond acceptors (Lipinski definition) is 4. The van der Waals surface area contributed by atoms with Crippen molar-refractivity contribution < 1.29 is 14.3 Å². The number of pyridine rings is 1. The second-order valence-corrected chi connectivity index (χ2v) is 3.58. The highest BCUT2D eigenvalue weighted by molar-refractivity contribution is 5.74. The van der Waals surface area contributed by atoms with Gasteiger partial charge in [-0.25, -0.2) is 0 Å². The van der Waals surface area contributed by atoms with Crippen LogP contribution in [0.25, 0.3) is 0 Å². The molecule has 4 nitrogen and oxygen atoms in total. The van der Waals surface area contributed by atoms with Gasteiger partial charge in [0.25, 0.3) is 0 Å². The van der Waals surface area contributed by atoms with E-state index in [4.69, 9.17) is 9.47 Å². The molecule has 0 aliphatic carbocycles. The predicted octanol–water partition coefficient (Wildman–Crippen LogP) is 3.09. The van der Waals surface area contributed by atoms with E-state index in [1.807, 2.05) is 25.1 Å². The lowest BCUT2D eigenvalue weighted by atomic mass is 10.3. The summed E-state index contributed by atoms with van der Waals surface area (Å²) >= 11 is 0. The minimum atomic E-state index is 0.480. The smallest absolute Gasteiger partial charge is 0.151 e. The monoisotopic (exact) mass is 243 g/mol. The predicted molar refractivity (Wildman–Crippen MR) is 67.3 cm³/mol. The molecule has 1 aromatic carbocycles. The summed E-state index contributed by atoms with van der Waals surface area (Å²) in [6, 6.07) is 8.94. The molecule has 92 valence electrons. The number of benzene rings is 1. The van der Waals surface area contributed by atoms with Crippen molar-refractivity contribution in [3.63, 3.8) is 0 Å². The molecule has 4 heteroatoms. The van der Waals surface area contributed by atoms with E-state index in [1.54, 1.807) is 18.3 Å². The number of nitrogens with zero attached hydrogens (tertiary/aromatic N) is 1. The van der Waals surface area contributed by atoms with Gasteiger partial charge in [-0.15, -0.1) is 0 Å². The fourth-order valence-corrected chi connectivity index (χ4v) is 1.49. The van der Waals surface area contributed by atoms with Crippen LogP contribution in [-0.4, -0.2) is 17.9 Å². The van der Waals surface area contributed by atoms with Gasteiger partial charge in [0, 0.05) is 17.8 Å². The number of hydrogen-bond donors (Lipinski definition) is 0. The topological polar surface area (TPSA) is 48.4 Å². The van der Waals surface area contributed by atoms with Crippen molar-refractivity contribution in [2.24, 2.45) is 0 Å². The molecule has 18 heavy (non-hydrogen) atoms. The highest BCUT2D eigenvalue weighted by Crippen LogP contribution is 2.24. The summed E-state index contributed by atoms with van der Waals surface area (Å²) in [5.41, 5.74) is 0.480. The zero-order chi connectivity index (χ0) is 12.8. The Morgan fingerprint density at radius 1 is 1.17 bits per heavy atom. The number of carbonyl (C=O) groups excluding carboxylic acids is 1. The molecule has 0 bridgehead atoms. The van der Waals surface area contributed by atoms with Gasteiger partial charge < -0.3 is 9.47 Å². The van der Waals surface area contributed by atoms with Crippen LogP contribution in [0.5, 0.6) is 17.2 Å². The second kappa shape index (κ2) is 5.82. The Balaban J connectivity index is 2.17. The average molecular weight is 243 g/mol. The Kier molecular flexibility index (Phi) is 3.91. The highest BCUT2D eigenvalue weighted by atomic mass is 16.5. The van der Waals surface area contributed by atoms with E-state index in [9.17, 15) is 4.79 Å². The summed E-state index contributed by atoms with van der Waals surface area (Å²) < 4.78 is 11.0. The molecule has 1 aromatic heterocycles. The van der Waals surface area contributed by atoms with Gasteiger partial charge in [0.05, 0.1) is 12.8 Å². The molecule has 0 unspecified atom stereocenters. The summed E-state index contributed by atoms with van der Waals surface area (Å²) in [6.07, 6.45) is 3.77. The van der Waals surface area contributed by atoms with Crippen LogP contribution in [-0.2, 0) is 0 Å². The largest absolute Gasteiger partial charge is 0.494 e. The van der Waals surface area contributed by atoms with Crippen LogP contribution in [0.3, 0.4) is 0 Å². The zero-order valence-electron chi connectivity index (χ0n) is 10.00. The van der Waals surface area contributed by atoms with Crippen molar-refractivity contribution >= 4 is 6.29 Å². The quantitative estimate of drug-likeness (QED) is 0.757. The molecule has 0 atom stereocenters. The standard InChI is InChI=1S/C14H13NO3/c1-2-17-12-4-3-5-13(7-12)18-14-6-11(10-16)8-15-9-14/h3-10H,2H2,1H3. The van der Waals surface area contributed by atoms with E-state index in [2.05, 4.69) is 4.98 Å². The van der Waals surface area contributed by atoms with Crippen LogP contribution in [0.15, 0.2) is 42.7 Å². The SMILES string of the molecule is CCOc1cccc(Oc2cncc(C=O)c2)c1. The lowest BCUT2D eigenvalue weighted by Crippen LogP contribution is -1.92. The van der Waals surface area contributed by atoms with Crippen LogP contribution in [0.1, 0.15) is 17.3 Å². The first-order valence-corrected chi connectivity index (χ1v) is 5.62. The molecule has 2 rings (SSSR count). The third-order valence-electron chi connectivity index (χ3n) is 2.22. The minimum Gasteiger partial charge on any atom is -0.494 e. The number of carbonyl (C=O) groups is 1. The molecule has 0 spiro atoms. The third-order valence-corrected chi connectivity index (χ3v) is 2.22. The van der Waals surface area contributed by atoms with Crippen LogP contribution in [0.4, 0.5) is 0 Å². The molecular formula is C14H13NO3.